The van der Waals surface area contributed by atoms with Gasteiger partial charge in [0.15, 0.2) is 11.9 Å². The van der Waals surface area contributed by atoms with E-state index in [1.807, 2.05) is 20.8 Å². The van der Waals surface area contributed by atoms with Crippen LogP contribution in [0, 0.1) is 39.9 Å². The number of carbonyl (C=O) groups is 2. The molecular formula is C29H39BO8. The molecule has 0 amide bonds. The van der Waals surface area contributed by atoms with Crippen molar-refractivity contribution in [1.82, 2.24) is 0 Å². The van der Waals surface area contributed by atoms with Gasteiger partial charge >= 0.3 is 13.1 Å². The SMILES string of the molecule is C=C[C@]1(C)C[C@@H]([C@H](Oc2ccc3c(c2)B(O)OC3)C(=O)O)[C@@]2(C)[C@H](C)CC[C@]3(CC(O)C(=O)[C@H]32)[C@@H](C)[C@@H]1O. The number of aliphatic carboxylic acids is 1. The van der Waals surface area contributed by atoms with Crippen LogP contribution < -0.4 is 10.2 Å². The molecule has 4 N–H and O–H groups in total. The van der Waals surface area contributed by atoms with Crippen LogP contribution in [0.5, 0.6) is 5.75 Å². The minimum absolute atomic E-state index is 0.0305. The largest absolute Gasteiger partial charge is 0.491 e. The van der Waals surface area contributed by atoms with Gasteiger partial charge in [-0.25, -0.2) is 4.79 Å². The predicted molar refractivity (Wildman–Crippen MR) is 141 cm³/mol. The van der Waals surface area contributed by atoms with Crippen LogP contribution in [0.2, 0.25) is 0 Å². The maximum atomic E-state index is 13.7. The molecule has 2 bridgehead atoms. The minimum atomic E-state index is -1.35. The molecule has 0 spiro atoms. The number of rotatable bonds is 5. The Labute approximate surface area is 224 Å². The van der Waals surface area contributed by atoms with Crippen molar-refractivity contribution in [1.29, 1.82) is 0 Å². The van der Waals surface area contributed by atoms with Gasteiger partial charge in [0.25, 0.3) is 0 Å². The molecule has 4 aliphatic rings. The van der Waals surface area contributed by atoms with E-state index in [0.717, 1.165) is 12.0 Å². The number of Topliss-reactive ketones (excluding diaryl/α,β-unsaturated/α-hetero) is 1. The van der Waals surface area contributed by atoms with E-state index in [1.165, 1.54) is 0 Å². The lowest BCUT2D eigenvalue weighted by atomic mass is 9.41. The number of fused-ring (bicyclic) bond motifs is 1. The van der Waals surface area contributed by atoms with E-state index in [9.17, 15) is 29.9 Å². The van der Waals surface area contributed by atoms with E-state index < -0.39 is 59.5 Å². The van der Waals surface area contributed by atoms with E-state index in [2.05, 4.69) is 13.5 Å². The Bertz CT molecular complexity index is 1160. The fraction of sp³-hybridized carbons (Fsp3) is 0.655. The molecule has 206 valence electrons. The molecule has 38 heavy (non-hydrogen) atoms. The van der Waals surface area contributed by atoms with Crippen LogP contribution in [-0.4, -0.2) is 57.5 Å². The van der Waals surface area contributed by atoms with Crippen LogP contribution in [0.4, 0.5) is 0 Å². The second-order valence-electron chi connectivity index (χ2n) is 12.7. The van der Waals surface area contributed by atoms with Crippen LogP contribution in [0.3, 0.4) is 0 Å². The summed E-state index contributed by atoms with van der Waals surface area (Å²) < 4.78 is 11.5. The third-order valence-electron chi connectivity index (χ3n) is 11.1. The molecule has 1 aliphatic heterocycles. The van der Waals surface area contributed by atoms with Crippen LogP contribution in [0.15, 0.2) is 30.9 Å². The molecular weight excluding hydrogens is 487 g/mol. The van der Waals surface area contributed by atoms with Crippen molar-refractivity contribution in [3.63, 3.8) is 0 Å². The average molecular weight is 526 g/mol. The van der Waals surface area contributed by atoms with E-state index in [4.69, 9.17) is 9.39 Å². The lowest BCUT2D eigenvalue weighted by Crippen LogP contribution is -2.63. The van der Waals surface area contributed by atoms with Gasteiger partial charge in [-0.05, 0) is 71.5 Å². The predicted octanol–water partition coefficient (Wildman–Crippen LogP) is 2.32. The lowest BCUT2D eigenvalue weighted by Gasteiger charge is -2.62. The van der Waals surface area contributed by atoms with E-state index in [0.29, 0.717) is 11.9 Å². The van der Waals surface area contributed by atoms with Crippen molar-refractivity contribution >= 4 is 24.3 Å². The summed E-state index contributed by atoms with van der Waals surface area (Å²) in [5, 5.41) is 43.4. The molecule has 3 saturated carbocycles. The molecule has 1 unspecified atom stereocenters. The molecule has 10 atom stereocenters. The fourth-order valence-corrected chi connectivity index (χ4v) is 8.62. The first-order valence-electron chi connectivity index (χ1n) is 13.7. The van der Waals surface area contributed by atoms with Crippen LogP contribution >= 0.6 is 0 Å². The zero-order chi connectivity index (χ0) is 27.8. The first-order chi connectivity index (χ1) is 17.8. The Morgan fingerprint density at radius 2 is 1.97 bits per heavy atom. The minimum Gasteiger partial charge on any atom is -0.478 e. The topological polar surface area (TPSA) is 134 Å². The highest BCUT2D eigenvalue weighted by Crippen LogP contribution is 2.69. The molecule has 9 heteroatoms. The number of hydrogen-bond donors (Lipinski definition) is 4. The Morgan fingerprint density at radius 1 is 1.26 bits per heavy atom. The zero-order valence-electron chi connectivity index (χ0n) is 22.6. The van der Waals surface area contributed by atoms with Gasteiger partial charge in [-0.15, -0.1) is 6.58 Å². The molecule has 1 aromatic carbocycles. The molecule has 8 nitrogen and oxygen atoms in total. The Morgan fingerprint density at radius 3 is 2.63 bits per heavy atom. The smallest absolute Gasteiger partial charge is 0.478 e. The van der Waals surface area contributed by atoms with Gasteiger partial charge in [-0.1, -0.05) is 39.8 Å². The Kier molecular flexibility index (Phi) is 6.62. The number of aliphatic hydroxyl groups is 2. The summed E-state index contributed by atoms with van der Waals surface area (Å²) >= 11 is 0. The monoisotopic (exact) mass is 526 g/mol. The highest BCUT2D eigenvalue weighted by atomic mass is 16.5. The molecule has 3 fully saturated rings. The molecule has 3 aliphatic carbocycles. The number of benzene rings is 1. The van der Waals surface area contributed by atoms with Gasteiger partial charge in [0.05, 0.1) is 12.7 Å². The highest BCUT2D eigenvalue weighted by Gasteiger charge is 2.70. The van der Waals surface area contributed by atoms with E-state index >= 15 is 0 Å². The lowest BCUT2D eigenvalue weighted by molar-refractivity contribution is -0.193. The summed E-state index contributed by atoms with van der Waals surface area (Å²) in [5.74, 6) is -2.77. The van der Waals surface area contributed by atoms with Crippen LogP contribution in [0.25, 0.3) is 0 Å². The quantitative estimate of drug-likeness (QED) is 0.340. The Hall–Kier alpha value is -2.20. The molecule has 0 aromatic heterocycles. The number of carboxylic acids is 1. The standard InChI is InChI=1S/C29H39BO8/c1-6-27(4)12-19(23(26(34)35)38-18-8-7-17-14-37-30(36)20(17)11-18)28(5)15(2)9-10-29(16(3)25(27)33)13-21(31)22(32)24(28)29/h6-8,11,15-16,19,21,23-25,31,33,36H,1,9-10,12-14H2,2-5H3,(H,34,35)/t15-,16+,19+,21?,23+,24+,25+,27-,28-,29+/m1/s1. The van der Waals surface area contributed by atoms with Gasteiger partial charge in [-0.3, -0.25) is 4.79 Å². The fourth-order valence-electron chi connectivity index (χ4n) is 8.62. The summed E-state index contributed by atoms with van der Waals surface area (Å²) in [7, 11) is -1.10. The maximum absolute atomic E-state index is 13.7. The second kappa shape index (κ2) is 9.19. The number of hydrogen-bond acceptors (Lipinski definition) is 7. The molecule has 1 aromatic rings. The summed E-state index contributed by atoms with van der Waals surface area (Å²) in [6, 6.07) is 5.03. The first-order valence-corrected chi connectivity index (χ1v) is 13.7. The van der Waals surface area contributed by atoms with Crippen molar-refractivity contribution in [2.24, 2.45) is 39.9 Å². The van der Waals surface area contributed by atoms with Gasteiger partial charge in [0.1, 0.15) is 11.9 Å². The van der Waals surface area contributed by atoms with E-state index in [1.54, 1.807) is 24.3 Å². The van der Waals surface area contributed by atoms with Gasteiger partial charge < -0.3 is 29.7 Å². The molecule has 0 saturated heterocycles. The second-order valence-corrected chi connectivity index (χ2v) is 12.7. The van der Waals surface area contributed by atoms with Crippen molar-refractivity contribution in [3.8, 4) is 5.75 Å². The van der Waals surface area contributed by atoms with Crippen LogP contribution in [0.1, 0.15) is 58.9 Å². The summed E-state index contributed by atoms with van der Waals surface area (Å²) in [5.41, 5.74) is -0.987. The Balaban J connectivity index is 1.67. The number of ether oxygens (including phenoxy) is 1. The normalized spacial score (nSPS) is 43.0. The van der Waals surface area contributed by atoms with Gasteiger partial charge in [0, 0.05) is 17.3 Å². The number of carbonyl (C=O) groups excluding carboxylic acids is 1. The summed E-state index contributed by atoms with van der Waals surface area (Å²) in [4.78, 5) is 26.7. The number of aliphatic hydroxyl groups excluding tert-OH is 2. The molecule has 0 radical (unpaired) electrons. The maximum Gasteiger partial charge on any atom is 0.491 e. The van der Waals surface area contributed by atoms with Crippen LogP contribution in [-0.2, 0) is 20.9 Å². The number of carboxylic acid groups (broad SMARTS) is 1. The third-order valence-corrected chi connectivity index (χ3v) is 11.1. The summed E-state index contributed by atoms with van der Waals surface area (Å²) in [6.45, 7) is 12.2. The van der Waals surface area contributed by atoms with Gasteiger partial charge in [0.2, 0.25) is 0 Å². The zero-order valence-corrected chi connectivity index (χ0v) is 22.6. The first kappa shape index (κ1) is 27.4. The third kappa shape index (κ3) is 3.73. The average Bonchev–Trinajstić information content (AvgIpc) is 3.38. The van der Waals surface area contributed by atoms with Crippen molar-refractivity contribution < 1.29 is 39.3 Å². The molecule has 5 rings (SSSR count). The summed E-state index contributed by atoms with van der Waals surface area (Å²) in [6.07, 6.45) is 0.262. The van der Waals surface area contributed by atoms with Crippen molar-refractivity contribution in [3.05, 3.63) is 36.4 Å². The molecule has 1 heterocycles. The van der Waals surface area contributed by atoms with Gasteiger partial charge in [-0.2, -0.15) is 0 Å². The van der Waals surface area contributed by atoms with Crippen molar-refractivity contribution in [2.75, 3.05) is 0 Å². The highest BCUT2D eigenvalue weighted by molar-refractivity contribution is 6.61. The van der Waals surface area contributed by atoms with Crippen molar-refractivity contribution in [2.45, 2.75) is 78.3 Å². The number of ketones is 1. The van der Waals surface area contributed by atoms with E-state index in [-0.39, 0.29) is 42.8 Å².